The standard InChI is InChI=1S/C18H24N4O2/c1-18(24,10-9-14-6-3-2-4-7-14)17(23)22-11-5-8-15(12-22)16-19-13-20-21-16/h2-4,6-7,13,15,24H,5,8-12H2,1H3,(H,19,20,21)/t15-,18-/m1/s1. The van der Waals surface area contributed by atoms with Crippen molar-refractivity contribution in [2.45, 2.75) is 44.1 Å². The van der Waals surface area contributed by atoms with Crippen molar-refractivity contribution in [3.8, 4) is 0 Å². The van der Waals surface area contributed by atoms with Crippen molar-refractivity contribution in [2.24, 2.45) is 0 Å². The van der Waals surface area contributed by atoms with Gasteiger partial charge in [-0.2, -0.15) is 5.10 Å². The average Bonchev–Trinajstić information content (AvgIpc) is 3.15. The molecule has 0 unspecified atom stereocenters. The lowest BCUT2D eigenvalue weighted by atomic mass is 9.92. The average molecular weight is 328 g/mol. The van der Waals surface area contributed by atoms with Crippen molar-refractivity contribution in [3.05, 3.63) is 48.0 Å². The molecule has 1 aromatic carbocycles. The highest BCUT2D eigenvalue weighted by atomic mass is 16.3. The zero-order chi connectivity index (χ0) is 17.0. The van der Waals surface area contributed by atoms with Crippen LogP contribution in [0.3, 0.4) is 0 Å². The first-order valence-corrected chi connectivity index (χ1v) is 8.47. The Morgan fingerprint density at radius 3 is 2.92 bits per heavy atom. The Bertz CT molecular complexity index is 655. The number of likely N-dealkylation sites (tertiary alicyclic amines) is 1. The molecule has 1 aliphatic rings. The summed E-state index contributed by atoms with van der Waals surface area (Å²) in [5, 5.41) is 17.5. The molecule has 2 heterocycles. The van der Waals surface area contributed by atoms with Crippen LogP contribution in [-0.4, -0.2) is 49.8 Å². The van der Waals surface area contributed by atoms with Gasteiger partial charge in [0.25, 0.3) is 5.91 Å². The van der Waals surface area contributed by atoms with Crippen LogP contribution in [0.1, 0.15) is 43.5 Å². The third-order valence-electron chi connectivity index (χ3n) is 4.73. The van der Waals surface area contributed by atoms with Gasteiger partial charge in [-0.25, -0.2) is 4.98 Å². The minimum absolute atomic E-state index is 0.162. The van der Waals surface area contributed by atoms with Crippen molar-refractivity contribution >= 4 is 5.91 Å². The van der Waals surface area contributed by atoms with Gasteiger partial charge in [-0.1, -0.05) is 30.3 Å². The Hall–Kier alpha value is -2.21. The fourth-order valence-corrected chi connectivity index (χ4v) is 3.28. The maximum Gasteiger partial charge on any atom is 0.254 e. The monoisotopic (exact) mass is 328 g/mol. The van der Waals surface area contributed by atoms with Crippen LogP contribution in [0.4, 0.5) is 0 Å². The molecule has 1 saturated heterocycles. The highest BCUT2D eigenvalue weighted by Gasteiger charge is 2.36. The summed E-state index contributed by atoms with van der Waals surface area (Å²) in [7, 11) is 0. The molecule has 2 N–H and O–H groups in total. The van der Waals surface area contributed by atoms with E-state index in [4.69, 9.17) is 0 Å². The first kappa shape index (κ1) is 16.6. The molecule has 6 nitrogen and oxygen atoms in total. The van der Waals surface area contributed by atoms with Gasteiger partial charge in [0.2, 0.25) is 0 Å². The topological polar surface area (TPSA) is 82.1 Å². The number of aryl methyl sites for hydroxylation is 1. The summed E-state index contributed by atoms with van der Waals surface area (Å²) < 4.78 is 0. The van der Waals surface area contributed by atoms with Gasteiger partial charge in [-0.05, 0) is 38.2 Å². The molecule has 6 heteroatoms. The number of hydrogen-bond donors (Lipinski definition) is 2. The Morgan fingerprint density at radius 1 is 1.42 bits per heavy atom. The summed E-state index contributed by atoms with van der Waals surface area (Å²) in [4.78, 5) is 18.8. The zero-order valence-electron chi connectivity index (χ0n) is 14.0. The summed E-state index contributed by atoms with van der Waals surface area (Å²) in [6.45, 7) is 2.89. The molecule has 2 atom stereocenters. The number of piperidine rings is 1. The Labute approximate surface area is 141 Å². The summed E-state index contributed by atoms with van der Waals surface area (Å²) >= 11 is 0. The number of amides is 1. The van der Waals surface area contributed by atoms with Crippen molar-refractivity contribution in [2.75, 3.05) is 13.1 Å². The lowest BCUT2D eigenvalue weighted by Crippen LogP contribution is -2.50. The van der Waals surface area contributed by atoms with Crippen LogP contribution in [0.5, 0.6) is 0 Å². The second-order valence-electron chi connectivity index (χ2n) is 6.72. The molecule has 24 heavy (non-hydrogen) atoms. The minimum atomic E-state index is -1.35. The van der Waals surface area contributed by atoms with E-state index >= 15 is 0 Å². The van der Waals surface area contributed by atoms with Crippen LogP contribution in [-0.2, 0) is 11.2 Å². The largest absolute Gasteiger partial charge is 0.380 e. The van der Waals surface area contributed by atoms with Gasteiger partial charge in [0, 0.05) is 19.0 Å². The van der Waals surface area contributed by atoms with Crippen LogP contribution in [0, 0.1) is 0 Å². The maximum atomic E-state index is 12.8. The highest BCUT2D eigenvalue weighted by Crippen LogP contribution is 2.27. The van der Waals surface area contributed by atoms with Gasteiger partial charge in [-0.15, -0.1) is 0 Å². The van der Waals surface area contributed by atoms with Gasteiger partial charge in [0.15, 0.2) is 0 Å². The number of benzene rings is 1. The lowest BCUT2D eigenvalue weighted by molar-refractivity contribution is -0.151. The molecule has 1 aromatic heterocycles. The van der Waals surface area contributed by atoms with Crippen LogP contribution in [0.25, 0.3) is 0 Å². The Balaban J connectivity index is 1.61. The summed E-state index contributed by atoms with van der Waals surface area (Å²) in [5.74, 6) is 0.786. The third kappa shape index (κ3) is 3.82. The van der Waals surface area contributed by atoms with E-state index in [1.54, 1.807) is 11.8 Å². The number of H-pyrrole nitrogens is 1. The van der Waals surface area contributed by atoms with Crippen LogP contribution in [0.2, 0.25) is 0 Å². The molecule has 0 bridgehead atoms. The van der Waals surface area contributed by atoms with Crippen LogP contribution >= 0.6 is 0 Å². The quantitative estimate of drug-likeness (QED) is 0.878. The van der Waals surface area contributed by atoms with Gasteiger partial charge < -0.3 is 10.0 Å². The van der Waals surface area contributed by atoms with E-state index < -0.39 is 5.60 Å². The first-order valence-electron chi connectivity index (χ1n) is 8.47. The summed E-state index contributed by atoms with van der Waals surface area (Å²) in [5.41, 5.74) is -0.220. The van der Waals surface area contributed by atoms with E-state index in [1.165, 1.54) is 6.33 Å². The number of rotatable bonds is 5. The fraction of sp³-hybridized carbons (Fsp3) is 0.500. The molecule has 1 fully saturated rings. The second kappa shape index (κ2) is 7.13. The van der Waals surface area contributed by atoms with Crippen molar-refractivity contribution in [1.82, 2.24) is 20.1 Å². The smallest absolute Gasteiger partial charge is 0.254 e. The lowest BCUT2D eigenvalue weighted by Gasteiger charge is -2.36. The molecular formula is C18H24N4O2. The molecule has 2 aromatic rings. The van der Waals surface area contributed by atoms with Crippen molar-refractivity contribution in [3.63, 3.8) is 0 Å². The zero-order valence-corrected chi connectivity index (χ0v) is 14.0. The number of aromatic amines is 1. The molecule has 0 saturated carbocycles. The number of carbonyl (C=O) groups excluding carboxylic acids is 1. The number of hydrogen-bond acceptors (Lipinski definition) is 4. The predicted molar refractivity (Wildman–Crippen MR) is 90.3 cm³/mol. The van der Waals surface area contributed by atoms with E-state index in [9.17, 15) is 9.90 Å². The van der Waals surface area contributed by atoms with E-state index in [-0.39, 0.29) is 11.8 Å². The van der Waals surface area contributed by atoms with E-state index in [2.05, 4.69) is 15.2 Å². The first-order chi connectivity index (χ1) is 11.6. The van der Waals surface area contributed by atoms with E-state index in [0.29, 0.717) is 25.9 Å². The van der Waals surface area contributed by atoms with E-state index in [0.717, 1.165) is 24.2 Å². The summed E-state index contributed by atoms with van der Waals surface area (Å²) in [6.07, 6.45) is 4.47. The van der Waals surface area contributed by atoms with Crippen molar-refractivity contribution < 1.29 is 9.90 Å². The molecule has 1 amide bonds. The molecule has 128 valence electrons. The highest BCUT2D eigenvalue weighted by molar-refractivity contribution is 5.84. The van der Waals surface area contributed by atoms with Gasteiger partial charge in [-0.3, -0.25) is 9.89 Å². The van der Waals surface area contributed by atoms with E-state index in [1.807, 2.05) is 30.3 Å². The van der Waals surface area contributed by atoms with Gasteiger partial charge in [0.05, 0.1) is 0 Å². The number of nitrogens with zero attached hydrogens (tertiary/aromatic N) is 3. The number of carbonyl (C=O) groups is 1. The molecule has 0 aliphatic carbocycles. The molecule has 0 spiro atoms. The molecular weight excluding hydrogens is 304 g/mol. The van der Waals surface area contributed by atoms with Crippen LogP contribution in [0.15, 0.2) is 36.7 Å². The van der Waals surface area contributed by atoms with Crippen molar-refractivity contribution in [1.29, 1.82) is 0 Å². The van der Waals surface area contributed by atoms with Gasteiger partial charge >= 0.3 is 0 Å². The SMILES string of the molecule is C[C@@](O)(CCc1ccccc1)C(=O)N1CCC[C@@H](c2ncn[nH]2)C1. The minimum Gasteiger partial charge on any atom is -0.380 e. The van der Waals surface area contributed by atoms with Gasteiger partial charge in [0.1, 0.15) is 17.8 Å². The number of aromatic nitrogens is 3. The number of aliphatic hydroxyl groups is 1. The normalized spacial score (nSPS) is 20.6. The number of nitrogens with one attached hydrogen (secondary N) is 1. The Morgan fingerprint density at radius 2 is 2.21 bits per heavy atom. The molecule has 3 rings (SSSR count). The van der Waals surface area contributed by atoms with Crippen LogP contribution < -0.4 is 0 Å². The second-order valence-corrected chi connectivity index (χ2v) is 6.72. The Kier molecular flexibility index (Phi) is 4.94. The third-order valence-corrected chi connectivity index (χ3v) is 4.73. The fourth-order valence-electron chi connectivity index (χ4n) is 3.28. The maximum absolute atomic E-state index is 12.8. The molecule has 1 aliphatic heterocycles. The summed E-state index contributed by atoms with van der Waals surface area (Å²) in [6, 6.07) is 9.93. The predicted octanol–water partition coefficient (Wildman–Crippen LogP) is 1.89. The molecule has 0 radical (unpaired) electrons.